The molecular formula is C16H13F3N2O2S. The van der Waals surface area contributed by atoms with E-state index in [2.05, 4.69) is 10.6 Å². The molecule has 0 saturated heterocycles. The fourth-order valence-corrected chi connectivity index (χ4v) is 2.52. The van der Waals surface area contributed by atoms with Crippen LogP contribution in [0.4, 0.5) is 18.9 Å². The first-order valence-corrected chi connectivity index (χ1v) is 7.64. The lowest BCUT2D eigenvalue weighted by molar-refractivity contribution is -0.121. The van der Waals surface area contributed by atoms with Crippen LogP contribution in [0, 0.1) is 24.4 Å². The molecule has 8 heteroatoms. The molecule has 1 aromatic heterocycles. The molecule has 2 N–H and O–H groups in total. The number of benzene rings is 1. The van der Waals surface area contributed by atoms with Crippen LogP contribution < -0.4 is 10.6 Å². The Morgan fingerprint density at radius 2 is 1.88 bits per heavy atom. The molecule has 2 rings (SSSR count). The average molecular weight is 354 g/mol. The Labute approximate surface area is 140 Å². The summed E-state index contributed by atoms with van der Waals surface area (Å²) in [7, 11) is 0. The number of anilines is 1. The summed E-state index contributed by atoms with van der Waals surface area (Å²) in [5.74, 6) is -5.81. The van der Waals surface area contributed by atoms with E-state index in [-0.39, 0.29) is 0 Å². The van der Waals surface area contributed by atoms with Gasteiger partial charge in [-0.1, -0.05) is 0 Å². The van der Waals surface area contributed by atoms with Gasteiger partial charge in [0.25, 0.3) is 0 Å². The molecule has 0 aliphatic carbocycles. The van der Waals surface area contributed by atoms with Crippen molar-refractivity contribution >= 4 is 34.9 Å². The minimum absolute atomic E-state index is 0.439. The number of hydrogen-bond acceptors (Lipinski definition) is 3. The third kappa shape index (κ3) is 4.69. The fraction of sp³-hybridized carbons (Fsp3) is 0.125. The van der Waals surface area contributed by atoms with Gasteiger partial charge in [0.1, 0.15) is 0 Å². The van der Waals surface area contributed by atoms with E-state index in [1.165, 1.54) is 17.4 Å². The number of aryl methyl sites for hydroxylation is 1. The Morgan fingerprint density at radius 1 is 1.12 bits per heavy atom. The van der Waals surface area contributed by atoms with Crippen molar-refractivity contribution in [2.75, 3.05) is 11.9 Å². The summed E-state index contributed by atoms with van der Waals surface area (Å²) < 4.78 is 39.2. The number of rotatable bonds is 5. The van der Waals surface area contributed by atoms with Gasteiger partial charge in [-0.15, -0.1) is 11.3 Å². The summed E-state index contributed by atoms with van der Waals surface area (Å²) in [5.41, 5.74) is -0.502. The van der Waals surface area contributed by atoms with Crippen molar-refractivity contribution in [3.05, 3.63) is 57.5 Å². The molecule has 0 aliphatic rings. The van der Waals surface area contributed by atoms with Crippen LogP contribution in [0.2, 0.25) is 0 Å². The van der Waals surface area contributed by atoms with Crippen molar-refractivity contribution in [2.24, 2.45) is 0 Å². The molecule has 126 valence electrons. The van der Waals surface area contributed by atoms with E-state index in [1.54, 1.807) is 6.08 Å². The molecule has 0 fully saturated rings. The summed E-state index contributed by atoms with van der Waals surface area (Å²) in [6, 6.07) is 5.35. The molecule has 0 spiro atoms. The zero-order valence-corrected chi connectivity index (χ0v) is 13.3. The second kappa shape index (κ2) is 7.78. The van der Waals surface area contributed by atoms with Crippen LogP contribution in [0.25, 0.3) is 6.08 Å². The molecule has 1 aromatic carbocycles. The van der Waals surface area contributed by atoms with Gasteiger partial charge in [-0.05, 0) is 37.3 Å². The van der Waals surface area contributed by atoms with E-state index in [0.717, 1.165) is 15.8 Å². The van der Waals surface area contributed by atoms with Gasteiger partial charge in [0.15, 0.2) is 17.5 Å². The highest BCUT2D eigenvalue weighted by molar-refractivity contribution is 7.12. The number of carbonyl (C=O) groups is 2. The summed E-state index contributed by atoms with van der Waals surface area (Å²) in [6.07, 6.45) is 2.86. The lowest BCUT2D eigenvalue weighted by Crippen LogP contribution is -2.32. The third-order valence-electron chi connectivity index (χ3n) is 2.89. The summed E-state index contributed by atoms with van der Waals surface area (Å²) in [6.45, 7) is 1.49. The molecule has 0 radical (unpaired) electrons. The minimum atomic E-state index is -1.67. The zero-order valence-electron chi connectivity index (χ0n) is 12.5. The zero-order chi connectivity index (χ0) is 17.7. The molecule has 2 aromatic rings. The maximum Gasteiger partial charge on any atom is 0.244 e. The number of nitrogens with one attached hydrogen (secondary N) is 2. The van der Waals surface area contributed by atoms with Crippen LogP contribution in [-0.2, 0) is 9.59 Å². The van der Waals surface area contributed by atoms with Gasteiger partial charge < -0.3 is 10.6 Å². The number of amides is 2. The van der Waals surface area contributed by atoms with Crippen LogP contribution in [0.15, 0.2) is 30.3 Å². The van der Waals surface area contributed by atoms with E-state index in [0.29, 0.717) is 6.07 Å². The van der Waals surface area contributed by atoms with Crippen molar-refractivity contribution < 1.29 is 22.8 Å². The molecular weight excluding hydrogens is 341 g/mol. The van der Waals surface area contributed by atoms with Gasteiger partial charge in [0.2, 0.25) is 11.8 Å². The van der Waals surface area contributed by atoms with Crippen molar-refractivity contribution in [1.82, 2.24) is 5.32 Å². The first-order valence-electron chi connectivity index (χ1n) is 6.82. The van der Waals surface area contributed by atoms with Crippen molar-refractivity contribution in [2.45, 2.75) is 6.92 Å². The highest BCUT2D eigenvalue weighted by atomic mass is 32.1. The predicted molar refractivity (Wildman–Crippen MR) is 86.0 cm³/mol. The summed E-state index contributed by atoms with van der Waals surface area (Å²) in [5, 5.41) is 4.36. The van der Waals surface area contributed by atoms with Crippen molar-refractivity contribution in [1.29, 1.82) is 0 Å². The van der Waals surface area contributed by atoms with Crippen LogP contribution >= 0.6 is 11.3 Å². The van der Waals surface area contributed by atoms with Gasteiger partial charge in [-0.2, -0.15) is 0 Å². The molecule has 0 atom stereocenters. The summed E-state index contributed by atoms with van der Waals surface area (Å²) >= 11 is 1.51. The Morgan fingerprint density at radius 3 is 2.54 bits per heavy atom. The first-order chi connectivity index (χ1) is 11.4. The highest BCUT2D eigenvalue weighted by Gasteiger charge is 2.15. The van der Waals surface area contributed by atoms with E-state index in [4.69, 9.17) is 0 Å². The minimum Gasteiger partial charge on any atom is -0.343 e. The quantitative estimate of drug-likeness (QED) is 0.640. The monoisotopic (exact) mass is 354 g/mol. The lowest BCUT2D eigenvalue weighted by atomic mass is 10.2. The topological polar surface area (TPSA) is 58.2 Å². The van der Waals surface area contributed by atoms with Gasteiger partial charge in [0.05, 0.1) is 12.2 Å². The number of carbonyl (C=O) groups excluding carboxylic acids is 2. The Kier molecular flexibility index (Phi) is 5.75. The predicted octanol–water partition coefficient (Wildman–Crippen LogP) is 3.24. The second-order valence-electron chi connectivity index (χ2n) is 4.77. The number of thiophene rings is 1. The molecule has 0 bridgehead atoms. The fourth-order valence-electron chi connectivity index (χ4n) is 1.74. The normalized spacial score (nSPS) is 10.8. The van der Waals surface area contributed by atoms with Crippen molar-refractivity contribution in [3.63, 3.8) is 0 Å². The molecule has 24 heavy (non-hydrogen) atoms. The van der Waals surface area contributed by atoms with Crippen LogP contribution in [-0.4, -0.2) is 18.4 Å². The maximum absolute atomic E-state index is 13.4. The smallest absolute Gasteiger partial charge is 0.244 e. The van der Waals surface area contributed by atoms with Gasteiger partial charge in [0, 0.05) is 15.8 Å². The second-order valence-corrected chi connectivity index (χ2v) is 6.09. The SMILES string of the molecule is Cc1ccc(/C=C/C(=O)NCC(=O)Nc2ccc(F)c(F)c2F)s1. The molecule has 4 nitrogen and oxygen atoms in total. The van der Waals surface area contributed by atoms with Crippen LogP contribution in [0.3, 0.4) is 0 Å². The molecule has 2 amide bonds. The third-order valence-corrected chi connectivity index (χ3v) is 3.86. The average Bonchev–Trinajstić information content (AvgIpc) is 2.97. The molecule has 0 aliphatic heterocycles. The van der Waals surface area contributed by atoms with Gasteiger partial charge in [-0.25, -0.2) is 13.2 Å². The molecule has 0 saturated carbocycles. The standard InChI is InChI=1S/C16H13F3N2O2S/c1-9-2-3-10(24-9)4-7-13(22)20-8-14(23)21-12-6-5-11(17)15(18)16(12)19/h2-7H,8H2,1H3,(H,20,22)(H,21,23)/b7-4+. The van der Waals surface area contributed by atoms with E-state index in [9.17, 15) is 22.8 Å². The molecule has 1 heterocycles. The highest BCUT2D eigenvalue weighted by Crippen LogP contribution is 2.19. The largest absolute Gasteiger partial charge is 0.343 e. The Balaban J connectivity index is 1.86. The summed E-state index contributed by atoms with van der Waals surface area (Å²) in [4.78, 5) is 25.2. The molecule has 0 unspecified atom stereocenters. The maximum atomic E-state index is 13.4. The lowest BCUT2D eigenvalue weighted by Gasteiger charge is -2.07. The Bertz CT molecular complexity index is 803. The van der Waals surface area contributed by atoms with E-state index >= 15 is 0 Å². The van der Waals surface area contributed by atoms with Crippen LogP contribution in [0.1, 0.15) is 9.75 Å². The van der Waals surface area contributed by atoms with Crippen molar-refractivity contribution in [3.8, 4) is 0 Å². The van der Waals surface area contributed by atoms with Gasteiger partial charge in [-0.3, -0.25) is 9.59 Å². The first kappa shape index (κ1) is 17.7. The number of halogens is 3. The van der Waals surface area contributed by atoms with Gasteiger partial charge >= 0.3 is 0 Å². The Hall–Kier alpha value is -2.61. The van der Waals surface area contributed by atoms with E-state index in [1.807, 2.05) is 19.1 Å². The van der Waals surface area contributed by atoms with Crippen LogP contribution in [0.5, 0.6) is 0 Å². The number of hydrogen-bond donors (Lipinski definition) is 2. The van der Waals surface area contributed by atoms with E-state index < -0.39 is 41.5 Å².